The van der Waals surface area contributed by atoms with Gasteiger partial charge in [0, 0.05) is 21.2 Å². The number of halogens is 1. The Bertz CT molecular complexity index is 661. The van der Waals surface area contributed by atoms with Gasteiger partial charge in [0.15, 0.2) is 11.5 Å². The van der Waals surface area contributed by atoms with Crippen LogP contribution >= 0.6 is 23.4 Å². The molecule has 2 aromatic rings. The Morgan fingerprint density at radius 1 is 1.17 bits per heavy atom. The van der Waals surface area contributed by atoms with Crippen LogP contribution < -0.4 is 19.5 Å². The van der Waals surface area contributed by atoms with Crippen LogP contribution in [0.4, 0.5) is 0 Å². The minimum atomic E-state index is 0.566. The number of ether oxygens (including phenoxy) is 3. The van der Waals surface area contributed by atoms with E-state index < -0.39 is 0 Å². The molecule has 1 aliphatic rings. The Morgan fingerprint density at radius 2 is 1.96 bits per heavy atom. The van der Waals surface area contributed by atoms with Crippen LogP contribution in [0.5, 0.6) is 17.2 Å². The van der Waals surface area contributed by atoms with Gasteiger partial charge in [-0.25, -0.2) is 0 Å². The SMILES string of the molecule is COc1cc(C[NH2+]CCSc2ccc(Cl)cc2)cc2c1OCCO2. The van der Waals surface area contributed by atoms with E-state index in [9.17, 15) is 0 Å². The van der Waals surface area contributed by atoms with Gasteiger partial charge in [0.2, 0.25) is 5.75 Å². The monoisotopic (exact) mass is 366 g/mol. The number of hydrogen-bond donors (Lipinski definition) is 1. The first-order chi connectivity index (χ1) is 11.8. The van der Waals surface area contributed by atoms with E-state index in [1.165, 1.54) is 10.5 Å². The first-order valence-corrected chi connectivity index (χ1v) is 9.29. The molecule has 0 aliphatic carbocycles. The summed E-state index contributed by atoms with van der Waals surface area (Å²) in [5.74, 6) is 3.28. The molecule has 128 valence electrons. The van der Waals surface area contributed by atoms with Crippen molar-refractivity contribution in [2.75, 3.05) is 32.6 Å². The average molecular weight is 367 g/mol. The highest BCUT2D eigenvalue weighted by atomic mass is 35.5. The Morgan fingerprint density at radius 3 is 2.75 bits per heavy atom. The summed E-state index contributed by atoms with van der Waals surface area (Å²) in [7, 11) is 1.66. The fraction of sp³-hybridized carbons (Fsp3) is 0.333. The normalized spacial score (nSPS) is 12.9. The van der Waals surface area contributed by atoms with Crippen molar-refractivity contribution in [3.05, 3.63) is 47.0 Å². The second-order valence-electron chi connectivity index (χ2n) is 5.41. The number of nitrogens with two attached hydrogens (primary N) is 1. The third kappa shape index (κ3) is 4.50. The third-order valence-corrected chi connectivity index (χ3v) is 4.97. The Hall–Kier alpha value is -1.56. The average Bonchev–Trinajstić information content (AvgIpc) is 2.62. The quantitative estimate of drug-likeness (QED) is 0.604. The highest BCUT2D eigenvalue weighted by Gasteiger charge is 2.18. The molecule has 24 heavy (non-hydrogen) atoms. The van der Waals surface area contributed by atoms with Gasteiger partial charge in [-0.3, -0.25) is 0 Å². The van der Waals surface area contributed by atoms with Crippen LogP contribution in [0.25, 0.3) is 0 Å². The van der Waals surface area contributed by atoms with Crippen LogP contribution in [0.15, 0.2) is 41.3 Å². The summed E-state index contributed by atoms with van der Waals surface area (Å²) in [6.45, 7) is 3.07. The molecule has 1 aliphatic heterocycles. The van der Waals surface area contributed by atoms with Gasteiger partial charge in [-0.15, -0.1) is 11.8 Å². The van der Waals surface area contributed by atoms with Crippen molar-refractivity contribution in [2.45, 2.75) is 11.4 Å². The fourth-order valence-electron chi connectivity index (χ4n) is 2.50. The number of methoxy groups -OCH3 is 1. The molecule has 0 saturated heterocycles. The van der Waals surface area contributed by atoms with Gasteiger partial charge < -0.3 is 19.5 Å². The maximum Gasteiger partial charge on any atom is 0.203 e. The van der Waals surface area contributed by atoms with Crippen molar-refractivity contribution in [2.24, 2.45) is 0 Å². The van der Waals surface area contributed by atoms with Gasteiger partial charge in [-0.2, -0.15) is 0 Å². The van der Waals surface area contributed by atoms with Gasteiger partial charge in [0.25, 0.3) is 0 Å². The number of thioether (sulfide) groups is 1. The highest BCUT2D eigenvalue weighted by molar-refractivity contribution is 7.99. The molecule has 0 bridgehead atoms. The van der Waals surface area contributed by atoms with Gasteiger partial charge >= 0.3 is 0 Å². The van der Waals surface area contributed by atoms with Crippen LogP contribution in [0, 0.1) is 0 Å². The topological polar surface area (TPSA) is 44.3 Å². The molecular formula is C18H21ClNO3S+. The summed E-state index contributed by atoms with van der Waals surface area (Å²) in [4.78, 5) is 1.24. The number of hydrogen-bond acceptors (Lipinski definition) is 4. The molecular weight excluding hydrogens is 346 g/mol. The standard InChI is InChI=1S/C18H20ClNO3S/c1-21-16-10-13(11-17-18(16)23-8-7-22-17)12-20-6-9-24-15-4-2-14(19)3-5-15/h2-5,10-11,20H,6-9,12H2,1H3/p+1. The summed E-state index contributed by atoms with van der Waals surface area (Å²) in [6.07, 6.45) is 0. The smallest absolute Gasteiger partial charge is 0.203 e. The lowest BCUT2D eigenvalue weighted by Gasteiger charge is -2.21. The number of quaternary nitrogens is 1. The second kappa shape index (κ2) is 8.51. The molecule has 4 nitrogen and oxygen atoms in total. The van der Waals surface area contributed by atoms with Crippen LogP contribution in [-0.4, -0.2) is 32.6 Å². The first kappa shape index (κ1) is 17.3. The van der Waals surface area contributed by atoms with Crippen molar-refractivity contribution in [3.63, 3.8) is 0 Å². The maximum absolute atomic E-state index is 5.89. The third-order valence-electron chi connectivity index (χ3n) is 3.67. The summed E-state index contributed by atoms with van der Waals surface area (Å²) in [6, 6.07) is 12.0. The summed E-state index contributed by atoms with van der Waals surface area (Å²) in [5, 5.41) is 3.06. The minimum absolute atomic E-state index is 0.566. The summed E-state index contributed by atoms with van der Waals surface area (Å²) in [5.41, 5.74) is 1.17. The van der Waals surface area contributed by atoms with Gasteiger partial charge in [-0.05, 0) is 36.4 Å². The van der Waals surface area contributed by atoms with E-state index in [2.05, 4.69) is 17.4 Å². The van der Waals surface area contributed by atoms with Crippen molar-refractivity contribution < 1.29 is 19.5 Å². The minimum Gasteiger partial charge on any atom is -0.493 e. The number of fused-ring (bicyclic) bond motifs is 1. The van der Waals surface area contributed by atoms with E-state index in [-0.39, 0.29) is 0 Å². The Kier molecular flexibility index (Phi) is 6.12. The summed E-state index contributed by atoms with van der Waals surface area (Å²) < 4.78 is 16.7. The molecule has 2 aromatic carbocycles. The van der Waals surface area contributed by atoms with Crippen LogP contribution in [0.2, 0.25) is 5.02 Å². The molecule has 6 heteroatoms. The van der Waals surface area contributed by atoms with Gasteiger partial charge in [0.05, 0.1) is 13.7 Å². The largest absolute Gasteiger partial charge is 0.493 e. The van der Waals surface area contributed by atoms with Gasteiger partial charge in [0.1, 0.15) is 19.8 Å². The predicted molar refractivity (Wildman–Crippen MR) is 96.7 cm³/mol. The molecule has 0 atom stereocenters. The first-order valence-electron chi connectivity index (χ1n) is 7.93. The van der Waals surface area contributed by atoms with Crippen LogP contribution in [-0.2, 0) is 6.54 Å². The molecule has 0 amide bonds. The highest BCUT2D eigenvalue weighted by Crippen LogP contribution is 2.40. The van der Waals surface area contributed by atoms with Crippen molar-refractivity contribution in [3.8, 4) is 17.2 Å². The lowest BCUT2D eigenvalue weighted by molar-refractivity contribution is -0.666. The fourth-order valence-corrected chi connectivity index (χ4v) is 3.48. The second-order valence-corrected chi connectivity index (χ2v) is 7.01. The molecule has 0 spiro atoms. The number of benzene rings is 2. The Labute approximate surface area is 151 Å². The number of rotatable bonds is 7. The van der Waals surface area contributed by atoms with Crippen LogP contribution in [0.3, 0.4) is 0 Å². The van der Waals surface area contributed by atoms with E-state index in [1.54, 1.807) is 7.11 Å². The lowest BCUT2D eigenvalue weighted by atomic mass is 10.1. The molecule has 0 radical (unpaired) electrons. The zero-order valence-corrected chi connectivity index (χ0v) is 15.2. The summed E-state index contributed by atoms with van der Waals surface area (Å²) >= 11 is 7.73. The van der Waals surface area contributed by atoms with Crippen molar-refractivity contribution in [1.82, 2.24) is 0 Å². The molecule has 2 N–H and O–H groups in total. The Balaban J connectivity index is 1.49. The van der Waals surface area contributed by atoms with Crippen molar-refractivity contribution in [1.29, 1.82) is 0 Å². The van der Waals surface area contributed by atoms with E-state index >= 15 is 0 Å². The maximum atomic E-state index is 5.89. The molecule has 1 heterocycles. The molecule has 0 fully saturated rings. The molecule has 3 rings (SSSR count). The lowest BCUT2D eigenvalue weighted by Crippen LogP contribution is -2.83. The molecule has 0 unspecified atom stereocenters. The molecule has 0 saturated carbocycles. The van der Waals surface area contributed by atoms with E-state index in [1.807, 2.05) is 36.0 Å². The van der Waals surface area contributed by atoms with Gasteiger partial charge in [-0.1, -0.05) is 11.6 Å². The zero-order chi connectivity index (χ0) is 16.8. The predicted octanol–water partition coefficient (Wildman–Crippen LogP) is 2.98. The van der Waals surface area contributed by atoms with E-state index in [0.717, 1.165) is 35.4 Å². The van der Waals surface area contributed by atoms with E-state index in [4.69, 9.17) is 25.8 Å². The molecule has 0 aromatic heterocycles. The zero-order valence-electron chi connectivity index (χ0n) is 13.6. The van der Waals surface area contributed by atoms with E-state index in [0.29, 0.717) is 19.0 Å². The van der Waals surface area contributed by atoms with Crippen LogP contribution in [0.1, 0.15) is 5.56 Å². The van der Waals surface area contributed by atoms with Crippen molar-refractivity contribution >= 4 is 23.4 Å².